The summed E-state index contributed by atoms with van der Waals surface area (Å²) in [6.07, 6.45) is 0. The van der Waals surface area contributed by atoms with Gasteiger partial charge in [0.25, 0.3) is 5.91 Å². The predicted octanol–water partition coefficient (Wildman–Crippen LogP) is 2.35. The molecule has 4 nitrogen and oxygen atoms in total. The SMILES string of the molecule is Cc1nc(C(=O)NCc2ccccc2)cc2c1COC2. The lowest BCUT2D eigenvalue weighted by atomic mass is 10.1. The molecule has 2 heterocycles. The van der Waals surface area contributed by atoms with Crippen molar-refractivity contribution in [3.8, 4) is 0 Å². The number of fused-ring (bicyclic) bond motifs is 1. The van der Waals surface area contributed by atoms with Crippen LogP contribution in [0.1, 0.15) is 32.9 Å². The molecule has 1 aromatic carbocycles. The number of aryl methyl sites for hydroxylation is 1. The van der Waals surface area contributed by atoms with Crippen molar-refractivity contribution in [3.05, 3.63) is 64.5 Å². The second-order valence-electron chi connectivity index (χ2n) is 4.89. The van der Waals surface area contributed by atoms with Crippen molar-refractivity contribution in [2.75, 3.05) is 0 Å². The fourth-order valence-corrected chi connectivity index (χ4v) is 2.34. The van der Waals surface area contributed by atoms with Gasteiger partial charge in [0.05, 0.1) is 13.2 Å². The quantitative estimate of drug-likeness (QED) is 0.929. The molecular formula is C16H16N2O2. The summed E-state index contributed by atoms with van der Waals surface area (Å²) in [6.45, 7) is 3.59. The van der Waals surface area contributed by atoms with Crippen molar-refractivity contribution in [1.29, 1.82) is 0 Å². The summed E-state index contributed by atoms with van der Waals surface area (Å²) in [5.41, 5.74) is 4.60. The number of aromatic nitrogens is 1. The molecule has 0 unspecified atom stereocenters. The monoisotopic (exact) mass is 268 g/mol. The van der Waals surface area contributed by atoms with Crippen LogP contribution in [0.5, 0.6) is 0 Å². The molecule has 1 aromatic heterocycles. The molecule has 1 amide bonds. The molecule has 0 atom stereocenters. The van der Waals surface area contributed by atoms with Gasteiger partial charge in [-0.1, -0.05) is 30.3 Å². The van der Waals surface area contributed by atoms with E-state index in [1.54, 1.807) is 0 Å². The maximum atomic E-state index is 12.2. The highest BCUT2D eigenvalue weighted by Crippen LogP contribution is 2.22. The summed E-state index contributed by atoms with van der Waals surface area (Å²) in [5.74, 6) is -0.147. The third kappa shape index (κ3) is 2.56. The number of hydrogen-bond donors (Lipinski definition) is 1. The Bertz CT molecular complexity index is 638. The standard InChI is InChI=1S/C16H16N2O2/c1-11-14-10-20-9-13(14)7-15(18-11)16(19)17-8-12-5-3-2-4-6-12/h2-7H,8-10H2,1H3,(H,17,19). The van der Waals surface area contributed by atoms with Crippen LogP contribution in [0, 0.1) is 6.92 Å². The highest BCUT2D eigenvalue weighted by Gasteiger charge is 2.18. The van der Waals surface area contributed by atoms with Crippen LogP contribution in [0.4, 0.5) is 0 Å². The molecule has 0 bridgehead atoms. The van der Waals surface area contributed by atoms with E-state index in [0.717, 1.165) is 22.4 Å². The number of carbonyl (C=O) groups is 1. The van der Waals surface area contributed by atoms with Gasteiger partial charge in [0.2, 0.25) is 0 Å². The molecule has 1 aliphatic heterocycles. The van der Waals surface area contributed by atoms with Gasteiger partial charge < -0.3 is 10.1 Å². The Morgan fingerprint density at radius 3 is 2.90 bits per heavy atom. The van der Waals surface area contributed by atoms with Crippen molar-refractivity contribution in [2.45, 2.75) is 26.7 Å². The van der Waals surface area contributed by atoms with Crippen LogP contribution < -0.4 is 5.32 Å². The zero-order chi connectivity index (χ0) is 13.9. The number of nitrogens with one attached hydrogen (secondary N) is 1. The van der Waals surface area contributed by atoms with Gasteiger partial charge in [-0.05, 0) is 24.1 Å². The fraction of sp³-hybridized carbons (Fsp3) is 0.250. The van der Waals surface area contributed by atoms with Gasteiger partial charge in [-0.15, -0.1) is 0 Å². The van der Waals surface area contributed by atoms with Crippen LogP contribution in [0.3, 0.4) is 0 Å². The van der Waals surface area contributed by atoms with E-state index in [1.165, 1.54) is 0 Å². The van der Waals surface area contributed by atoms with Crippen LogP contribution in [0.15, 0.2) is 36.4 Å². The van der Waals surface area contributed by atoms with Crippen LogP contribution >= 0.6 is 0 Å². The van der Waals surface area contributed by atoms with Gasteiger partial charge in [0, 0.05) is 17.8 Å². The lowest BCUT2D eigenvalue weighted by molar-refractivity contribution is 0.0945. The number of amides is 1. The molecule has 1 N–H and O–H groups in total. The number of nitrogens with zero attached hydrogens (tertiary/aromatic N) is 1. The molecule has 1 aliphatic rings. The molecule has 0 fully saturated rings. The minimum Gasteiger partial charge on any atom is -0.372 e. The summed E-state index contributed by atoms with van der Waals surface area (Å²) in [7, 11) is 0. The lowest BCUT2D eigenvalue weighted by Crippen LogP contribution is -2.24. The maximum absolute atomic E-state index is 12.2. The normalized spacial score (nSPS) is 13.1. The molecule has 0 spiro atoms. The lowest BCUT2D eigenvalue weighted by Gasteiger charge is -2.08. The van der Waals surface area contributed by atoms with Gasteiger partial charge >= 0.3 is 0 Å². The number of hydrogen-bond acceptors (Lipinski definition) is 3. The Kier molecular flexibility index (Phi) is 3.48. The average Bonchev–Trinajstić information content (AvgIpc) is 2.95. The second-order valence-corrected chi connectivity index (χ2v) is 4.89. The maximum Gasteiger partial charge on any atom is 0.270 e. The summed E-state index contributed by atoms with van der Waals surface area (Å²) >= 11 is 0. The minimum atomic E-state index is -0.147. The zero-order valence-corrected chi connectivity index (χ0v) is 11.3. The molecule has 3 rings (SSSR count). The van der Waals surface area contributed by atoms with Crippen LogP contribution in [-0.4, -0.2) is 10.9 Å². The molecule has 0 aliphatic carbocycles. The average molecular weight is 268 g/mol. The number of benzene rings is 1. The molecule has 102 valence electrons. The van der Waals surface area contributed by atoms with E-state index in [0.29, 0.717) is 25.5 Å². The Morgan fingerprint density at radius 1 is 1.30 bits per heavy atom. The number of pyridine rings is 1. The van der Waals surface area contributed by atoms with E-state index in [9.17, 15) is 4.79 Å². The summed E-state index contributed by atoms with van der Waals surface area (Å²) in [4.78, 5) is 16.5. The van der Waals surface area contributed by atoms with Crippen molar-refractivity contribution < 1.29 is 9.53 Å². The molecule has 0 radical (unpaired) electrons. The van der Waals surface area contributed by atoms with E-state index < -0.39 is 0 Å². The first kappa shape index (κ1) is 12.8. The van der Waals surface area contributed by atoms with E-state index in [-0.39, 0.29) is 5.91 Å². The van der Waals surface area contributed by atoms with Crippen LogP contribution in [0.25, 0.3) is 0 Å². The summed E-state index contributed by atoms with van der Waals surface area (Å²) < 4.78 is 5.39. The molecule has 0 saturated heterocycles. The predicted molar refractivity (Wildman–Crippen MR) is 75.1 cm³/mol. The topological polar surface area (TPSA) is 51.2 Å². The molecular weight excluding hydrogens is 252 g/mol. The van der Waals surface area contributed by atoms with Crippen LogP contribution in [0.2, 0.25) is 0 Å². The number of carbonyl (C=O) groups excluding carboxylic acids is 1. The first-order valence-corrected chi connectivity index (χ1v) is 6.63. The molecule has 2 aromatic rings. The fourth-order valence-electron chi connectivity index (χ4n) is 2.34. The largest absolute Gasteiger partial charge is 0.372 e. The summed E-state index contributed by atoms with van der Waals surface area (Å²) in [6, 6.07) is 11.7. The molecule has 0 saturated carbocycles. The van der Waals surface area contributed by atoms with Gasteiger partial charge in [-0.25, -0.2) is 4.98 Å². The smallest absolute Gasteiger partial charge is 0.270 e. The summed E-state index contributed by atoms with van der Waals surface area (Å²) in [5, 5.41) is 2.89. The second kappa shape index (κ2) is 5.43. The number of ether oxygens (including phenoxy) is 1. The van der Waals surface area contributed by atoms with E-state index in [4.69, 9.17) is 4.74 Å². The van der Waals surface area contributed by atoms with E-state index in [1.807, 2.05) is 43.3 Å². The first-order chi connectivity index (χ1) is 9.74. The Labute approximate surface area is 117 Å². The van der Waals surface area contributed by atoms with Gasteiger partial charge in [0.15, 0.2) is 0 Å². The Morgan fingerprint density at radius 2 is 2.10 bits per heavy atom. The van der Waals surface area contributed by atoms with Gasteiger partial charge in [0.1, 0.15) is 5.69 Å². The van der Waals surface area contributed by atoms with Crippen molar-refractivity contribution in [1.82, 2.24) is 10.3 Å². The van der Waals surface area contributed by atoms with Crippen molar-refractivity contribution in [2.24, 2.45) is 0 Å². The Balaban J connectivity index is 1.73. The van der Waals surface area contributed by atoms with Gasteiger partial charge in [-0.3, -0.25) is 4.79 Å². The Hall–Kier alpha value is -2.20. The van der Waals surface area contributed by atoms with E-state index in [2.05, 4.69) is 10.3 Å². The molecule has 20 heavy (non-hydrogen) atoms. The highest BCUT2D eigenvalue weighted by atomic mass is 16.5. The van der Waals surface area contributed by atoms with Crippen molar-refractivity contribution in [3.63, 3.8) is 0 Å². The zero-order valence-electron chi connectivity index (χ0n) is 11.3. The number of rotatable bonds is 3. The van der Waals surface area contributed by atoms with E-state index >= 15 is 0 Å². The third-order valence-electron chi connectivity index (χ3n) is 3.46. The third-order valence-corrected chi connectivity index (χ3v) is 3.46. The van der Waals surface area contributed by atoms with Crippen molar-refractivity contribution >= 4 is 5.91 Å². The van der Waals surface area contributed by atoms with Gasteiger partial charge in [-0.2, -0.15) is 0 Å². The first-order valence-electron chi connectivity index (χ1n) is 6.63. The highest BCUT2D eigenvalue weighted by molar-refractivity contribution is 5.92. The van der Waals surface area contributed by atoms with Crippen LogP contribution in [-0.2, 0) is 24.5 Å². The minimum absolute atomic E-state index is 0.147. The molecule has 4 heteroatoms.